The van der Waals surface area contributed by atoms with Crippen molar-refractivity contribution in [2.45, 2.75) is 6.10 Å². The van der Waals surface area contributed by atoms with E-state index in [0.717, 1.165) is 5.69 Å². The monoisotopic (exact) mass is 317 g/mol. The van der Waals surface area contributed by atoms with Crippen LogP contribution in [0.5, 0.6) is 11.5 Å². The summed E-state index contributed by atoms with van der Waals surface area (Å²) in [5, 5.41) is 21.0. The minimum atomic E-state index is -0.808. The number of esters is 1. The van der Waals surface area contributed by atoms with Gasteiger partial charge in [0.25, 0.3) is 0 Å². The van der Waals surface area contributed by atoms with Gasteiger partial charge in [-0.2, -0.15) is 0 Å². The van der Waals surface area contributed by atoms with Crippen molar-refractivity contribution in [3.05, 3.63) is 54.1 Å². The number of hydrogen-bond acceptors (Lipinski definition) is 6. The number of rotatable bonds is 7. The van der Waals surface area contributed by atoms with E-state index < -0.39 is 12.1 Å². The van der Waals surface area contributed by atoms with Gasteiger partial charge in [-0.15, -0.1) is 0 Å². The highest BCUT2D eigenvalue weighted by Gasteiger charge is 2.12. The summed E-state index contributed by atoms with van der Waals surface area (Å²) >= 11 is 0. The number of carbonyl (C=O) groups is 1. The van der Waals surface area contributed by atoms with Gasteiger partial charge in [0.2, 0.25) is 0 Å². The van der Waals surface area contributed by atoms with E-state index >= 15 is 0 Å². The fourth-order valence-electron chi connectivity index (χ4n) is 1.90. The average Bonchev–Trinajstić information content (AvgIpc) is 2.60. The van der Waals surface area contributed by atoms with Crippen LogP contribution in [0.1, 0.15) is 10.4 Å². The van der Waals surface area contributed by atoms with E-state index in [0.29, 0.717) is 17.1 Å². The highest BCUT2D eigenvalue weighted by atomic mass is 16.5. The third kappa shape index (κ3) is 4.70. The molecule has 0 heterocycles. The van der Waals surface area contributed by atoms with Crippen LogP contribution in [0.3, 0.4) is 0 Å². The zero-order valence-corrected chi connectivity index (χ0v) is 12.7. The second-order valence-electron chi connectivity index (χ2n) is 4.83. The van der Waals surface area contributed by atoms with Crippen molar-refractivity contribution in [3.8, 4) is 11.5 Å². The van der Waals surface area contributed by atoms with Crippen molar-refractivity contribution in [2.75, 3.05) is 25.6 Å². The Morgan fingerprint density at radius 1 is 1.17 bits per heavy atom. The summed E-state index contributed by atoms with van der Waals surface area (Å²) in [7, 11) is 1.32. The molecule has 0 aliphatic heterocycles. The summed E-state index contributed by atoms with van der Waals surface area (Å²) in [4.78, 5) is 11.7. The molecule has 0 aliphatic carbocycles. The van der Waals surface area contributed by atoms with Gasteiger partial charge in [0.15, 0.2) is 0 Å². The van der Waals surface area contributed by atoms with Gasteiger partial charge in [0.05, 0.1) is 19.8 Å². The van der Waals surface area contributed by atoms with Crippen LogP contribution in [0.15, 0.2) is 48.5 Å². The zero-order valence-electron chi connectivity index (χ0n) is 12.7. The largest absolute Gasteiger partial charge is 0.465 e. The van der Waals surface area contributed by atoms with Crippen LogP contribution in [0.2, 0.25) is 0 Å². The van der Waals surface area contributed by atoms with Gasteiger partial charge in [-0.3, -0.25) is 0 Å². The summed E-state index contributed by atoms with van der Waals surface area (Å²) in [6, 6.07) is 13.9. The molecule has 0 radical (unpaired) electrons. The summed E-state index contributed by atoms with van der Waals surface area (Å²) in [6.07, 6.45) is -0.808. The number of anilines is 1. The zero-order chi connectivity index (χ0) is 16.7. The number of nitrogens with one attached hydrogen (secondary N) is 1. The Labute approximate surface area is 134 Å². The Hall–Kier alpha value is -2.57. The normalized spacial score (nSPS) is 11.6. The molecule has 2 rings (SSSR count). The van der Waals surface area contributed by atoms with E-state index in [1.807, 2.05) is 0 Å². The molecule has 0 spiro atoms. The molecular weight excluding hydrogens is 298 g/mol. The lowest BCUT2D eigenvalue weighted by Gasteiger charge is -2.12. The first-order valence-corrected chi connectivity index (χ1v) is 7.12. The molecule has 1 unspecified atom stereocenters. The van der Waals surface area contributed by atoms with Crippen LogP contribution in [0.4, 0.5) is 5.69 Å². The molecule has 0 saturated heterocycles. The van der Waals surface area contributed by atoms with Gasteiger partial charge in [0, 0.05) is 12.2 Å². The predicted molar refractivity (Wildman–Crippen MR) is 85.9 cm³/mol. The second-order valence-corrected chi connectivity index (χ2v) is 4.83. The Morgan fingerprint density at radius 3 is 2.52 bits per heavy atom. The molecule has 6 heteroatoms. The lowest BCUT2D eigenvalue weighted by atomic mass is 10.2. The number of aliphatic hydroxyl groups excluding tert-OH is 2. The third-order valence-corrected chi connectivity index (χ3v) is 3.13. The number of benzene rings is 2. The maximum Gasteiger partial charge on any atom is 0.341 e. The van der Waals surface area contributed by atoms with Crippen molar-refractivity contribution >= 4 is 11.7 Å². The highest BCUT2D eigenvalue weighted by molar-refractivity contribution is 5.92. The Morgan fingerprint density at radius 2 is 1.87 bits per heavy atom. The first-order valence-electron chi connectivity index (χ1n) is 7.12. The average molecular weight is 317 g/mol. The maximum atomic E-state index is 11.7. The smallest absolute Gasteiger partial charge is 0.341 e. The molecule has 0 aromatic heterocycles. The van der Waals surface area contributed by atoms with Crippen molar-refractivity contribution in [1.82, 2.24) is 0 Å². The van der Waals surface area contributed by atoms with E-state index in [9.17, 15) is 9.90 Å². The molecule has 0 saturated carbocycles. The number of hydrogen-bond donors (Lipinski definition) is 3. The van der Waals surface area contributed by atoms with Gasteiger partial charge in [-0.25, -0.2) is 4.79 Å². The van der Waals surface area contributed by atoms with Crippen LogP contribution >= 0.6 is 0 Å². The van der Waals surface area contributed by atoms with Crippen molar-refractivity contribution < 1.29 is 24.5 Å². The molecule has 2 aromatic carbocycles. The summed E-state index contributed by atoms with van der Waals surface area (Å²) in [6.45, 7) is -0.0413. The molecule has 1 atom stereocenters. The van der Waals surface area contributed by atoms with Crippen molar-refractivity contribution in [3.63, 3.8) is 0 Å². The second kappa shape index (κ2) is 8.17. The molecule has 0 fully saturated rings. The quantitative estimate of drug-likeness (QED) is 0.677. The molecule has 122 valence electrons. The topological polar surface area (TPSA) is 88.0 Å². The highest BCUT2D eigenvalue weighted by Crippen LogP contribution is 2.26. The number of carbonyl (C=O) groups excluding carboxylic acids is 1. The third-order valence-electron chi connectivity index (χ3n) is 3.13. The Bertz CT molecular complexity index is 642. The molecular formula is C17H19NO5. The first kappa shape index (κ1) is 16.8. The fourth-order valence-corrected chi connectivity index (χ4v) is 1.90. The summed E-state index contributed by atoms with van der Waals surface area (Å²) < 4.78 is 10.4. The minimum absolute atomic E-state index is 0.252. The van der Waals surface area contributed by atoms with E-state index in [4.69, 9.17) is 14.6 Å². The number of ether oxygens (including phenoxy) is 2. The molecule has 0 bridgehead atoms. The lowest BCUT2D eigenvalue weighted by molar-refractivity contribution is 0.0598. The molecule has 3 N–H and O–H groups in total. The summed E-state index contributed by atoms with van der Waals surface area (Å²) in [5.74, 6) is 0.516. The van der Waals surface area contributed by atoms with E-state index in [1.54, 1.807) is 48.5 Å². The van der Waals surface area contributed by atoms with Crippen LogP contribution in [0, 0.1) is 0 Å². The van der Waals surface area contributed by atoms with Gasteiger partial charge in [-0.1, -0.05) is 12.1 Å². The molecule has 0 aliphatic rings. The van der Waals surface area contributed by atoms with Gasteiger partial charge >= 0.3 is 5.97 Å². The van der Waals surface area contributed by atoms with E-state index in [-0.39, 0.29) is 13.2 Å². The molecule has 0 amide bonds. The summed E-state index contributed by atoms with van der Waals surface area (Å²) in [5.41, 5.74) is 1.13. The standard InChI is InChI=1S/C17H19NO5/c1-22-17(21)15-4-2-3-5-16(15)23-14-8-6-12(7-9-14)18-10-13(20)11-19/h2-9,13,18-20H,10-11H2,1H3. The number of para-hydroxylation sites is 1. The predicted octanol–water partition coefficient (Wildman–Crippen LogP) is 2.03. The SMILES string of the molecule is COC(=O)c1ccccc1Oc1ccc(NCC(O)CO)cc1. The van der Waals surface area contributed by atoms with Gasteiger partial charge in [0.1, 0.15) is 17.1 Å². The van der Waals surface area contributed by atoms with Crippen LogP contribution in [0.25, 0.3) is 0 Å². The fraction of sp³-hybridized carbons (Fsp3) is 0.235. The number of aliphatic hydroxyl groups is 2. The molecule has 23 heavy (non-hydrogen) atoms. The van der Waals surface area contributed by atoms with Crippen LogP contribution in [-0.2, 0) is 4.74 Å². The van der Waals surface area contributed by atoms with Gasteiger partial charge in [-0.05, 0) is 36.4 Å². The Kier molecular flexibility index (Phi) is 5.96. The number of methoxy groups -OCH3 is 1. The maximum absolute atomic E-state index is 11.7. The van der Waals surface area contributed by atoms with Gasteiger partial charge < -0.3 is 25.0 Å². The molecule has 6 nitrogen and oxygen atoms in total. The first-order chi connectivity index (χ1) is 11.1. The van der Waals surface area contributed by atoms with E-state index in [1.165, 1.54) is 7.11 Å². The lowest BCUT2D eigenvalue weighted by Crippen LogP contribution is -2.22. The van der Waals surface area contributed by atoms with Crippen molar-refractivity contribution in [1.29, 1.82) is 0 Å². The minimum Gasteiger partial charge on any atom is -0.465 e. The van der Waals surface area contributed by atoms with E-state index in [2.05, 4.69) is 5.32 Å². The van der Waals surface area contributed by atoms with Crippen molar-refractivity contribution in [2.24, 2.45) is 0 Å². The molecule has 2 aromatic rings. The Balaban J connectivity index is 2.05. The van der Waals surface area contributed by atoms with Crippen LogP contribution < -0.4 is 10.1 Å². The van der Waals surface area contributed by atoms with Crippen LogP contribution in [-0.4, -0.2) is 42.5 Å².